The third-order valence-electron chi connectivity index (χ3n) is 0.904. The van der Waals surface area contributed by atoms with Gasteiger partial charge in [-0.3, -0.25) is 4.68 Å². The molecular formula is C5H4ClN3. The second-order valence-electron chi connectivity index (χ2n) is 1.62. The lowest BCUT2D eigenvalue weighted by Crippen LogP contribution is -1.84. The molecule has 0 aliphatic heterocycles. The van der Waals surface area contributed by atoms with Crippen molar-refractivity contribution < 1.29 is 0 Å². The largest absolute Gasteiger partial charge is 0.273 e. The SMILES string of the molecule is Cn1cc(C#N)c(Cl)n1. The molecule has 9 heavy (non-hydrogen) atoms. The molecule has 1 aromatic heterocycles. The van der Waals surface area contributed by atoms with E-state index in [1.807, 2.05) is 6.07 Å². The molecule has 0 atom stereocenters. The zero-order chi connectivity index (χ0) is 6.85. The summed E-state index contributed by atoms with van der Waals surface area (Å²) in [6, 6.07) is 1.90. The van der Waals surface area contributed by atoms with Crippen molar-refractivity contribution in [1.82, 2.24) is 9.78 Å². The first-order valence-electron chi connectivity index (χ1n) is 2.33. The summed E-state index contributed by atoms with van der Waals surface area (Å²) in [7, 11) is 1.72. The zero-order valence-corrected chi connectivity index (χ0v) is 5.55. The number of halogens is 1. The van der Waals surface area contributed by atoms with Crippen LogP contribution in [0.3, 0.4) is 0 Å². The van der Waals surface area contributed by atoms with Gasteiger partial charge in [-0.05, 0) is 0 Å². The molecule has 0 amide bonds. The van der Waals surface area contributed by atoms with Crippen molar-refractivity contribution in [2.24, 2.45) is 7.05 Å². The van der Waals surface area contributed by atoms with Gasteiger partial charge in [0, 0.05) is 13.2 Å². The zero-order valence-electron chi connectivity index (χ0n) is 4.80. The van der Waals surface area contributed by atoms with Crippen LogP contribution >= 0.6 is 11.6 Å². The van der Waals surface area contributed by atoms with Crippen molar-refractivity contribution in [1.29, 1.82) is 5.26 Å². The van der Waals surface area contributed by atoms with Crippen LogP contribution in [0.5, 0.6) is 0 Å². The van der Waals surface area contributed by atoms with E-state index in [0.29, 0.717) is 5.56 Å². The number of rotatable bonds is 0. The molecule has 1 rings (SSSR count). The molecule has 0 aliphatic carbocycles. The minimum atomic E-state index is 0.264. The summed E-state index contributed by atoms with van der Waals surface area (Å²) in [5.74, 6) is 0. The van der Waals surface area contributed by atoms with E-state index >= 15 is 0 Å². The van der Waals surface area contributed by atoms with Crippen molar-refractivity contribution >= 4 is 11.6 Å². The lowest BCUT2D eigenvalue weighted by atomic mass is 10.4. The predicted molar refractivity (Wildman–Crippen MR) is 32.9 cm³/mol. The lowest BCUT2D eigenvalue weighted by Gasteiger charge is -1.78. The molecular weight excluding hydrogens is 138 g/mol. The monoisotopic (exact) mass is 141 g/mol. The van der Waals surface area contributed by atoms with Crippen LogP contribution in [0.2, 0.25) is 5.15 Å². The molecule has 0 unspecified atom stereocenters. The summed E-state index contributed by atoms with van der Waals surface area (Å²) in [6.07, 6.45) is 1.57. The van der Waals surface area contributed by atoms with Crippen LogP contribution < -0.4 is 0 Å². The maximum atomic E-state index is 8.34. The van der Waals surface area contributed by atoms with Gasteiger partial charge in [0.15, 0.2) is 5.15 Å². The standard InChI is InChI=1S/C5H4ClN3/c1-9-3-4(2-7)5(6)8-9/h3H,1H3. The summed E-state index contributed by atoms with van der Waals surface area (Å²) in [4.78, 5) is 0. The minimum Gasteiger partial charge on any atom is -0.273 e. The second kappa shape index (κ2) is 2.08. The number of aryl methyl sites for hydroxylation is 1. The fraction of sp³-hybridized carbons (Fsp3) is 0.200. The van der Waals surface area contributed by atoms with Crippen molar-refractivity contribution in [3.63, 3.8) is 0 Å². The van der Waals surface area contributed by atoms with Crippen LogP contribution in [0.1, 0.15) is 5.56 Å². The van der Waals surface area contributed by atoms with Crippen LogP contribution in [-0.4, -0.2) is 9.78 Å². The topological polar surface area (TPSA) is 41.6 Å². The molecule has 1 aromatic rings. The Morgan fingerprint density at radius 1 is 1.89 bits per heavy atom. The van der Waals surface area contributed by atoms with E-state index in [0.717, 1.165) is 0 Å². The van der Waals surface area contributed by atoms with Gasteiger partial charge in [-0.1, -0.05) is 11.6 Å². The van der Waals surface area contributed by atoms with Gasteiger partial charge in [-0.25, -0.2) is 0 Å². The first-order chi connectivity index (χ1) is 4.24. The summed E-state index contributed by atoms with van der Waals surface area (Å²) in [5, 5.41) is 12.3. The van der Waals surface area contributed by atoms with Crippen molar-refractivity contribution in [3.05, 3.63) is 16.9 Å². The normalized spacial score (nSPS) is 9.00. The molecule has 4 heteroatoms. The average Bonchev–Trinajstić information content (AvgIpc) is 2.10. The van der Waals surface area contributed by atoms with Crippen LogP contribution in [0.15, 0.2) is 6.20 Å². The highest BCUT2D eigenvalue weighted by molar-refractivity contribution is 6.30. The van der Waals surface area contributed by atoms with Gasteiger partial charge >= 0.3 is 0 Å². The van der Waals surface area contributed by atoms with Gasteiger partial charge < -0.3 is 0 Å². The Kier molecular flexibility index (Phi) is 1.41. The first kappa shape index (κ1) is 6.12. The fourth-order valence-corrected chi connectivity index (χ4v) is 0.747. The Hall–Kier alpha value is -1.01. The highest BCUT2D eigenvalue weighted by Gasteiger charge is 2.00. The molecule has 0 N–H and O–H groups in total. The number of nitriles is 1. The number of hydrogen-bond donors (Lipinski definition) is 0. The number of nitrogens with zero attached hydrogens (tertiary/aromatic N) is 3. The minimum absolute atomic E-state index is 0.264. The van der Waals surface area contributed by atoms with Crippen molar-refractivity contribution in [2.75, 3.05) is 0 Å². The molecule has 3 nitrogen and oxygen atoms in total. The van der Waals surface area contributed by atoms with Crippen LogP contribution in [-0.2, 0) is 7.05 Å². The molecule has 0 fully saturated rings. The van der Waals surface area contributed by atoms with Gasteiger partial charge in [0.1, 0.15) is 11.6 Å². The summed E-state index contributed by atoms with van der Waals surface area (Å²) in [6.45, 7) is 0. The Balaban J connectivity index is 3.20. The van der Waals surface area contributed by atoms with Crippen LogP contribution in [0.4, 0.5) is 0 Å². The Bertz CT molecular complexity index is 258. The molecule has 0 aromatic carbocycles. The predicted octanol–water partition coefficient (Wildman–Crippen LogP) is 0.945. The molecule has 1 heterocycles. The molecule has 0 spiro atoms. The molecule has 0 saturated heterocycles. The average molecular weight is 142 g/mol. The van der Waals surface area contributed by atoms with Crippen molar-refractivity contribution in [2.45, 2.75) is 0 Å². The van der Waals surface area contributed by atoms with E-state index < -0.39 is 0 Å². The maximum absolute atomic E-state index is 8.34. The summed E-state index contributed by atoms with van der Waals surface area (Å²) in [5.41, 5.74) is 0.416. The lowest BCUT2D eigenvalue weighted by molar-refractivity contribution is 0.768. The molecule has 0 saturated carbocycles. The second-order valence-corrected chi connectivity index (χ2v) is 1.98. The molecule has 46 valence electrons. The Labute approximate surface area is 57.5 Å². The van der Waals surface area contributed by atoms with Gasteiger partial charge in [0.25, 0.3) is 0 Å². The van der Waals surface area contributed by atoms with E-state index in [1.165, 1.54) is 4.68 Å². The third-order valence-corrected chi connectivity index (χ3v) is 1.18. The number of aromatic nitrogens is 2. The van der Waals surface area contributed by atoms with E-state index in [9.17, 15) is 0 Å². The van der Waals surface area contributed by atoms with E-state index in [4.69, 9.17) is 16.9 Å². The summed E-state index contributed by atoms with van der Waals surface area (Å²) >= 11 is 5.49. The number of hydrogen-bond acceptors (Lipinski definition) is 2. The quantitative estimate of drug-likeness (QED) is 0.540. The highest BCUT2D eigenvalue weighted by atomic mass is 35.5. The Morgan fingerprint density at radius 2 is 2.56 bits per heavy atom. The Morgan fingerprint density at radius 3 is 2.78 bits per heavy atom. The third kappa shape index (κ3) is 1.03. The smallest absolute Gasteiger partial charge is 0.168 e. The summed E-state index contributed by atoms with van der Waals surface area (Å²) < 4.78 is 1.50. The van der Waals surface area contributed by atoms with Crippen LogP contribution in [0.25, 0.3) is 0 Å². The van der Waals surface area contributed by atoms with Gasteiger partial charge in [0.05, 0.1) is 0 Å². The van der Waals surface area contributed by atoms with Crippen LogP contribution in [0, 0.1) is 11.3 Å². The van der Waals surface area contributed by atoms with Crippen molar-refractivity contribution in [3.8, 4) is 6.07 Å². The van der Waals surface area contributed by atoms with Gasteiger partial charge in [-0.15, -0.1) is 0 Å². The highest BCUT2D eigenvalue weighted by Crippen LogP contribution is 2.09. The fourth-order valence-electron chi connectivity index (χ4n) is 0.536. The van der Waals surface area contributed by atoms with Gasteiger partial charge in [-0.2, -0.15) is 10.4 Å². The van der Waals surface area contributed by atoms with E-state index in [1.54, 1.807) is 13.2 Å². The maximum Gasteiger partial charge on any atom is 0.168 e. The first-order valence-corrected chi connectivity index (χ1v) is 2.71. The van der Waals surface area contributed by atoms with E-state index in [-0.39, 0.29) is 5.15 Å². The van der Waals surface area contributed by atoms with E-state index in [2.05, 4.69) is 5.10 Å². The molecule has 0 aliphatic rings. The molecule has 0 bridgehead atoms. The molecule has 0 radical (unpaired) electrons. The van der Waals surface area contributed by atoms with Gasteiger partial charge in [0.2, 0.25) is 0 Å².